The van der Waals surface area contributed by atoms with Gasteiger partial charge in [0.05, 0.1) is 33.5 Å². The standard InChI is InChI=1S/C66H74O11/c1-61-33-31-47-51(45(61)25-27-49(61)73-57(69)41-21-13-7-14-22-41)53-59-75-60(77-65(53)37-43(29-35-63(47,65)3)71-55(67)39-17-9-5-10-18-39)54-52-46-26-28-50(74-58(70)42-23-15-8-16-24-42)62(46,2)34-32-48(52)64(4)36-30-44(38-66(54,64)76-59)72-56(68)40-19-11-6-12-20-40/h5-24,43-54,59-60H,25-38H2,1-4H3/t43-,44-,45-,46-,47-,48-,49-,50-,51-,52-,53-,54-,59+,60+,61-,62-,63+,64+,65+,66+/m0/s1. The molecule has 0 amide bonds. The molecular weight excluding hydrogens is 969 g/mol. The summed E-state index contributed by atoms with van der Waals surface area (Å²) in [6, 6.07) is 37.3. The molecule has 4 aromatic rings. The van der Waals surface area contributed by atoms with Crippen molar-refractivity contribution >= 4 is 23.9 Å². The highest BCUT2D eigenvalue weighted by Crippen LogP contribution is 2.80. The Bertz CT molecular complexity index is 2740. The Morgan fingerprint density at radius 3 is 1.09 bits per heavy atom. The molecule has 2 heterocycles. The SMILES string of the molecule is C[C@]12CC[C@H]3[C@@H]([C@H]4[C@@H]5O[C@H](O[C@]46C[C@@H](OC(=O)c4ccccc4)CC[C@]36C)[C@@H]3[C@H]4[C@@H]6CC[C@H](OC(=O)c7ccccc7)[C@@]6(C)CC[C@@H]4[C@@]4(C)CC[C@H](OC(=O)c6ccccc6)C[C@@]34O5)[C@@H]1CC[C@@H]2OC(=O)c1ccccc1. The highest BCUT2D eigenvalue weighted by Gasteiger charge is 2.83. The van der Waals surface area contributed by atoms with Crippen LogP contribution in [0.5, 0.6) is 0 Å². The first-order valence-electron chi connectivity index (χ1n) is 29.2. The molecule has 2 bridgehead atoms. The quantitative estimate of drug-likeness (QED) is 0.123. The Morgan fingerprint density at radius 1 is 0.403 bits per heavy atom. The molecule has 11 nitrogen and oxygen atoms in total. The average Bonchev–Trinajstić information content (AvgIpc) is 4.29. The molecule has 2 aliphatic heterocycles. The summed E-state index contributed by atoms with van der Waals surface area (Å²) in [6.07, 6.45) is 8.60. The van der Waals surface area contributed by atoms with Crippen molar-refractivity contribution in [2.45, 2.75) is 166 Å². The number of benzene rings is 4. The summed E-state index contributed by atoms with van der Waals surface area (Å²) in [5.41, 5.74) is -0.619. The van der Waals surface area contributed by atoms with Gasteiger partial charge in [-0.2, -0.15) is 0 Å². The van der Waals surface area contributed by atoms with Crippen LogP contribution in [0, 0.1) is 69.0 Å². The molecule has 0 unspecified atom stereocenters. The maximum Gasteiger partial charge on any atom is 0.338 e. The van der Waals surface area contributed by atoms with Gasteiger partial charge in [-0.25, -0.2) is 19.2 Å². The lowest BCUT2D eigenvalue weighted by atomic mass is 9.55. The van der Waals surface area contributed by atoms with Crippen LogP contribution in [0.4, 0.5) is 0 Å². The summed E-state index contributed by atoms with van der Waals surface area (Å²) < 4.78 is 50.7. The lowest BCUT2D eigenvalue weighted by molar-refractivity contribution is -0.467. The van der Waals surface area contributed by atoms with Gasteiger partial charge in [0.15, 0.2) is 12.6 Å². The van der Waals surface area contributed by atoms with E-state index >= 15 is 0 Å². The number of fused-ring (bicyclic) bond motifs is 14. The third-order valence-electron chi connectivity index (χ3n) is 23.6. The minimum Gasteiger partial charge on any atom is -0.459 e. The van der Waals surface area contributed by atoms with E-state index in [4.69, 9.17) is 33.2 Å². The lowest BCUT2D eigenvalue weighted by Crippen LogP contribution is -2.73. The minimum atomic E-state index is -0.787. The third kappa shape index (κ3) is 7.22. The van der Waals surface area contributed by atoms with Crippen molar-refractivity contribution in [2.75, 3.05) is 0 Å². The van der Waals surface area contributed by atoms with Gasteiger partial charge in [-0.1, -0.05) is 100 Å². The fourth-order valence-corrected chi connectivity index (χ4v) is 20.1. The van der Waals surface area contributed by atoms with Crippen LogP contribution in [0.1, 0.15) is 159 Å². The number of rotatable bonds is 8. The van der Waals surface area contributed by atoms with E-state index in [0.29, 0.717) is 35.1 Å². The van der Waals surface area contributed by atoms with E-state index < -0.39 is 36.0 Å². The van der Waals surface area contributed by atoms with Gasteiger partial charge in [0.2, 0.25) is 0 Å². The molecule has 77 heavy (non-hydrogen) atoms. The van der Waals surface area contributed by atoms with E-state index in [0.717, 1.165) is 77.0 Å². The van der Waals surface area contributed by atoms with Gasteiger partial charge >= 0.3 is 23.9 Å². The first-order chi connectivity index (χ1) is 37.2. The second-order valence-corrected chi connectivity index (χ2v) is 26.4. The van der Waals surface area contributed by atoms with Gasteiger partial charge in [-0.3, -0.25) is 0 Å². The topological polar surface area (TPSA) is 133 Å². The van der Waals surface area contributed by atoms with E-state index in [1.54, 1.807) is 0 Å². The maximum absolute atomic E-state index is 14.1. The largest absolute Gasteiger partial charge is 0.459 e. The molecule has 10 fully saturated rings. The highest BCUT2D eigenvalue weighted by atomic mass is 16.8. The molecule has 8 aliphatic carbocycles. The van der Waals surface area contributed by atoms with Crippen LogP contribution in [-0.2, 0) is 33.2 Å². The minimum absolute atomic E-state index is 0.102. The number of carbonyl (C=O) groups is 4. The molecule has 2 spiro atoms. The molecule has 0 aromatic heterocycles. The molecule has 404 valence electrons. The monoisotopic (exact) mass is 1040 g/mol. The van der Waals surface area contributed by atoms with Crippen molar-refractivity contribution in [2.24, 2.45) is 69.0 Å². The molecule has 14 rings (SSSR count). The molecule has 10 aliphatic rings. The summed E-state index contributed by atoms with van der Waals surface area (Å²) in [4.78, 5) is 56.0. The Hall–Kier alpha value is -5.36. The summed E-state index contributed by atoms with van der Waals surface area (Å²) in [5, 5.41) is 0. The van der Waals surface area contributed by atoms with Gasteiger partial charge in [0.25, 0.3) is 0 Å². The number of carbonyl (C=O) groups excluding carboxylic acids is 4. The predicted molar refractivity (Wildman–Crippen MR) is 284 cm³/mol. The summed E-state index contributed by atoms with van der Waals surface area (Å²) in [6.45, 7) is 9.68. The van der Waals surface area contributed by atoms with Crippen molar-refractivity contribution in [3.8, 4) is 0 Å². The van der Waals surface area contributed by atoms with Gasteiger partial charge in [-0.05, 0) is 161 Å². The smallest absolute Gasteiger partial charge is 0.338 e. The molecular formula is C66H74O11. The van der Waals surface area contributed by atoms with Crippen LogP contribution in [0.3, 0.4) is 0 Å². The Morgan fingerprint density at radius 2 is 0.740 bits per heavy atom. The van der Waals surface area contributed by atoms with Crippen LogP contribution in [0.15, 0.2) is 121 Å². The summed E-state index contributed by atoms with van der Waals surface area (Å²) >= 11 is 0. The summed E-state index contributed by atoms with van der Waals surface area (Å²) in [5.74, 6) is -0.584. The fourth-order valence-electron chi connectivity index (χ4n) is 20.1. The van der Waals surface area contributed by atoms with E-state index in [9.17, 15) is 19.2 Å². The zero-order chi connectivity index (χ0) is 52.7. The molecule has 0 N–H and O–H groups in total. The van der Waals surface area contributed by atoms with Crippen LogP contribution < -0.4 is 0 Å². The van der Waals surface area contributed by atoms with E-state index in [1.165, 1.54) is 0 Å². The van der Waals surface area contributed by atoms with Crippen LogP contribution in [0.2, 0.25) is 0 Å². The zero-order valence-corrected chi connectivity index (χ0v) is 45.0. The number of ether oxygens (including phenoxy) is 7. The number of hydrogen-bond donors (Lipinski definition) is 0. The fraction of sp³-hybridized carbons (Fsp3) is 0.576. The maximum atomic E-state index is 14.1. The lowest BCUT2D eigenvalue weighted by Gasteiger charge is -2.65. The second-order valence-electron chi connectivity index (χ2n) is 26.4. The Labute approximate surface area is 452 Å². The van der Waals surface area contributed by atoms with E-state index in [-0.39, 0.29) is 105 Å². The van der Waals surface area contributed by atoms with Gasteiger partial charge < -0.3 is 33.2 Å². The van der Waals surface area contributed by atoms with Crippen LogP contribution in [-0.4, -0.2) is 72.1 Å². The van der Waals surface area contributed by atoms with E-state index in [2.05, 4.69) is 27.7 Å². The van der Waals surface area contributed by atoms with Crippen molar-refractivity contribution < 1.29 is 52.3 Å². The first kappa shape index (κ1) is 49.9. The Balaban J connectivity index is 0.869. The number of hydrogen-bond acceptors (Lipinski definition) is 11. The third-order valence-corrected chi connectivity index (χ3v) is 23.6. The molecule has 2 saturated heterocycles. The van der Waals surface area contributed by atoms with Crippen LogP contribution >= 0.6 is 0 Å². The molecule has 20 atom stereocenters. The summed E-state index contributed by atoms with van der Waals surface area (Å²) in [7, 11) is 0. The molecule has 11 heteroatoms. The second kappa shape index (κ2) is 18.1. The molecule has 8 saturated carbocycles. The van der Waals surface area contributed by atoms with Gasteiger partial charge in [0, 0.05) is 46.3 Å². The number of esters is 4. The average molecular weight is 1040 g/mol. The molecule has 0 radical (unpaired) electrons. The van der Waals surface area contributed by atoms with Crippen molar-refractivity contribution in [1.29, 1.82) is 0 Å². The van der Waals surface area contributed by atoms with Gasteiger partial charge in [0.1, 0.15) is 24.4 Å². The predicted octanol–water partition coefficient (Wildman–Crippen LogP) is 12.6. The van der Waals surface area contributed by atoms with Crippen molar-refractivity contribution in [3.63, 3.8) is 0 Å². The first-order valence-corrected chi connectivity index (χ1v) is 29.2. The highest BCUT2D eigenvalue weighted by molar-refractivity contribution is 5.91. The zero-order valence-electron chi connectivity index (χ0n) is 45.0. The van der Waals surface area contributed by atoms with Crippen molar-refractivity contribution in [1.82, 2.24) is 0 Å². The van der Waals surface area contributed by atoms with Crippen LogP contribution in [0.25, 0.3) is 0 Å². The van der Waals surface area contributed by atoms with E-state index in [1.807, 2.05) is 121 Å². The Kier molecular flexibility index (Phi) is 11.7. The molecule has 4 aromatic carbocycles. The van der Waals surface area contributed by atoms with Gasteiger partial charge in [-0.15, -0.1) is 0 Å². The van der Waals surface area contributed by atoms with Crippen molar-refractivity contribution in [3.05, 3.63) is 144 Å². The normalized spacial score (nSPS) is 44.5.